The van der Waals surface area contributed by atoms with Gasteiger partial charge in [0.1, 0.15) is 0 Å². The fraction of sp³-hybridized carbons (Fsp3) is 0.500. The number of benzene rings is 1. The number of rotatable bonds is 4. The van der Waals surface area contributed by atoms with Gasteiger partial charge in [0, 0.05) is 5.69 Å². The van der Waals surface area contributed by atoms with Crippen molar-refractivity contribution in [1.29, 1.82) is 0 Å². The summed E-state index contributed by atoms with van der Waals surface area (Å²) in [6.07, 6.45) is 0.904. The van der Waals surface area contributed by atoms with Gasteiger partial charge in [0.15, 0.2) is 0 Å². The smallest absolute Gasteiger partial charge is 0.241 e. The molecule has 1 aromatic rings. The van der Waals surface area contributed by atoms with Crippen LogP contribution in [0.2, 0.25) is 0 Å². The number of hydrogen-bond donors (Lipinski definition) is 2. The average molecular weight is 234 g/mol. The largest absolute Gasteiger partial charge is 0.324 e. The molecule has 3 N–H and O–H groups in total. The van der Waals surface area contributed by atoms with Crippen molar-refractivity contribution < 1.29 is 4.79 Å². The van der Waals surface area contributed by atoms with Crippen LogP contribution in [0.15, 0.2) is 18.2 Å². The minimum Gasteiger partial charge on any atom is -0.324 e. The molecule has 0 spiro atoms. The van der Waals surface area contributed by atoms with Crippen LogP contribution >= 0.6 is 0 Å². The molecule has 0 aliphatic rings. The maximum Gasteiger partial charge on any atom is 0.241 e. The molecule has 1 aromatic carbocycles. The number of carbonyl (C=O) groups is 1. The quantitative estimate of drug-likeness (QED) is 0.841. The third-order valence-electron chi connectivity index (χ3n) is 3.42. The number of nitrogens with two attached hydrogens (primary N) is 1. The lowest BCUT2D eigenvalue weighted by Crippen LogP contribution is -2.40. The van der Waals surface area contributed by atoms with Gasteiger partial charge in [0.25, 0.3) is 0 Å². The van der Waals surface area contributed by atoms with E-state index in [1.807, 2.05) is 45.9 Å². The van der Waals surface area contributed by atoms with Crippen LogP contribution in [-0.2, 0) is 4.79 Å². The van der Waals surface area contributed by atoms with Crippen molar-refractivity contribution in [3.05, 3.63) is 29.3 Å². The van der Waals surface area contributed by atoms with Crippen LogP contribution in [-0.4, -0.2) is 11.9 Å². The van der Waals surface area contributed by atoms with Crippen molar-refractivity contribution in [1.82, 2.24) is 0 Å². The van der Waals surface area contributed by atoms with E-state index in [4.69, 9.17) is 5.73 Å². The molecule has 0 aromatic heterocycles. The zero-order chi connectivity index (χ0) is 13.0. The van der Waals surface area contributed by atoms with Gasteiger partial charge in [-0.25, -0.2) is 0 Å². The Morgan fingerprint density at radius 2 is 2.06 bits per heavy atom. The van der Waals surface area contributed by atoms with Gasteiger partial charge in [-0.2, -0.15) is 0 Å². The van der Waals surface area contributed by atoms with Crippen molar-refractivity contribution in [3.63, 3.8) is 0 Å². The summed E-state index contributed by atoms with van der Waals surface area (Å²) in [5, 5.41) is 2.90. The lowest BCUT2D eigenvalue weighted by Gasteiger charge is -2.19. The fourth-order valence-electron chi connectivity index (χ4n) is 1.61. The molecule has 17 heavy (non-hydrogen) atoms. The lowest BCUT2D eigenvalue weighted by molar-refractivity contribution is -0.118. The molecule has 0 unspecified atom stereocenters. The van der Waals surface area contributed by atoms with Crippen molar-refractivity contribution in [2.75, 3.05) is 5.32 Å². The van der Waals surface area contributed by atoms with E-state index in [0.717, 1.165) is 17.7 Å². The van der Waals surface area contributed by atoms with Gasteiger partial charge in [0.2, 0.25) is 5.91 Å². The number of anilines is 1. The third kappa shape index (κ3) is 3.30. The molecule has 3 heteroatoms. The van der Waals surface area contributed by atoms with Gasteiger partial charge < -0.3 is 11.1 Å². The molecule has 2 atom stereocenters. The second kappa shape index (κ2) is 5.82. The van der Waals surface area contributed by atoms with Crippen LogP contribution < -0.4 is 11.1 Å². The molecule has 0 aliphatic carbocycles. The first-order valence-corrected chi connectivity index (χ1v) is 6.10. The normalized spacial score (nSPS) is 14.2. The number of amides is 1. The van der Waals surface area contributed by atoms with E-state index < -0.39 is 6.04 Å². The molecule has 3 nitrogen and oxygen atoms in total. The van der Waals surface area contributed by atoms with Crippen molar-refractivity contribution in [3.8, 4) is 0 Å². The highest BCUT2D eigenvalue weighted by molar-refractivity contribution is 5.95. The highest BCUT2D eigenvalue weighted by Crippen LogP contribution is 2.18. The number of nitrogens with one attached hydrogen (secondary N) is 1. The summed E-state index contributed by atoms with van der Waals surface area (Å²) in [7, 11) is 0. The number of aryl methyl sites for hydroxylation is 1. The number of hydrogen-bond acceptors (Lipinski definition) is 2. The third-order valence-corrected chi connectivity index (χ3v) is 3.42. The van der Waals surface area contributed by atoms with Gasteiger partial charge in [-0.15, -0.1) is 0 Å². The highest BCUT2D eigenvalue weighted by atomic mass is 16.2. The first-order chi connectivity index (χ1) is 7.97. The maximum atomic E-state index is 11.9. The topological polar surface area (TPSA) is 55.1 Å². The van der Waals surface area contributed by atoms with Crippen LogP contribution in [0.1, 0.15) is 31.4 Å². The Morgan fingerprint density at radius 1 is 1.41 bits per heavy atom. The van der Waals surface area contributed by atoms with E-state index in [1.54, 1.807) is 0 Å². The van der Waals surface area contributed by atoms with E-state index in [-0.39, 0.29) is 11.8 Å². The van der Waals surface area contributed by atoms with E-state index in [0.29, 0.717) is 0 Å². The van der Waals surface area contributed by atoms with Gasteiger partial charge in [-0.05, 0) is 37.0 Å². The molecular weight excluding hydrogens is 212 g/mol. The SMILES string of the molecule is CC[C@H](C)[C@H](N)C(=O)Nc1cccc(C)c1C. The average Bonchev–Trinajstić information content (AvgIpc) is 2.32. The molecule has 0 saturated carbocycles. The Hall–Kier alpha value is -1.35. The first-order valence-electron chi connectivity index (χ1n) is 6.10. The van der Waals surface area contributed by atoms with Gasteiger partial charge >= 0.3 is 0 Å². The molecule has 1 rings (SSSR count). The van der Waals surface area contributed by atoms with Crippen molar-refractivity contribution >= 4 is 11.6 Å². The molecule has 0 bridgehead atoms. The summed E-state index contributed by atoms with van der Waals surface area (Å²) in [6.45, 7) is 8.06. The highest BCUT2D eigenvalue weighted by Gasteiger charge is 2.19. The predicted octanol–water partition coefficient (Wildman–Crippen LogP) is 2.62. The molecule has 1 amide bonds. The zero-order valence-electron chi connectivity index (χ0n) is 11.1. The van der Waals surface area contributed by atoms with Crippen molar-refractivity contribution in [2.45, 2.75) is 40.2 Å². The van der Waals surface area contributed by atoms with Gasteiger partial charge in [-0.1, -0.05) is 32.4 Å². The van der Waals surface area contributed by atoms with E-state index >= 15 is 0 Å². The summed E-state index contributed by atoms with van der Waals surface area (Å²) in [5.74, 6) is 0.0909. The summed E-state index contributed by atoms with van der Waals surface area (Å²) in [6, 6.07) is 5.43. The molecule has 0 radical (unpaired) electrons. The zero-order valence-corrected chi connectivity index (χ0v) is 11.1. The predicted molar refractivity (Wildman–Crippen MR) is 72.0 cm³/mol. The van der Waals surface area contributed by atoms with Gasteiger partial charge in [-0.3, -0.25) is 4.79 Å². The molecule has 94 valence electrons. The van der Waals surface area contributed by atoms with Crippen LogP contribution in [0.4, 0.5) is 5.69 Å². The van der Waals surface area contributed by atoms with E-state index in [2.05, 4.69) is 5.32 Å². The van der Waals surface area contributed by atoms with Crippen molar-refractivity contribution in [2.24, 2.45) is 11.7 Å². The summed E-state index contributed by atoms with van der Waals surface area (Å²) in [5.41, 5.74) is 9.01. The first kappa shape index (κ1) is 13.7. The Labute approximate surface area is 103 Å². The summed E-state index contributed by atoms with van der Waals surface area (Å²) >= 11 is 0. The van der Waals surface area contributed by atoms with E-state index in [1.165, 1.54) is 5.56 Å². The minimum atomic E-state index is -0.445. The molecule has 0 aliphatic heterocycles. The lowest BCUT2D eigenvalue weighted by atomic mass is 9.99. The van der Waals surface area contributed by atoms with Crippen LogP contribution in [0, 0.1) is 19.8 Å². The monoisotopic (exact) mass is 234 g/mol. The Balaban J connectivity index is 2.78. The Bertz CT molecular complexity index is 401. The molecule has 0 fully saturated rings. The Kier molecular flexibility index (Phi) is 4.70. The molecular formula is C14H22N2O. The van der Waals surface area contributed by atoms with Crippen LogP contribution in [0.3, 0.4) is 0 Å². The Morgan fingerprint density at radius 3 is 2.65 bits per heavy atom. The van der Waals surface area contributed by atoms with Gasteiger partial charge in [0.05, 0.1) is 6.04 Å². The molecule has 0 heterocycles. The minimum absolute atomic E-state index is 0.104. The fourth-order valence-corrected chi connectivity index (χ4v) is 1.61. The van der Waals surface area contributed by atoms with E-state index in [9.17, 15) is 4.79 Å². The molecule has 0 saturated heterocycles. The second-order valence-electron chi connectivity index (χ2n) is 4.65. The number of carbonyl (C=O) groups excluding carboxylic acids is 1. The summed E-state index contributed by atoms with van der Waals surface area (Å²) in [4.78, 5) is 11.9. The standard InChI is InChI=1S/C14H22N2O/c1-5-9(2)13(15)14(17)16-12-8-6-7-10(3)11(12)4/h6-9,13H,5,15H2,1-4H3,(H,16,17)/t9-,13-/m0/s1. The maximum absolute atomic E-state index is 11.9. The summed E-state index contributed by atoms with van der Waals surface area (Å²) < 4.78 is 0. The van der Waals surface area contributed by atoms with Crippen LogP contribution in [0.5, 0.6) is 0 Å². The van der Waals surface area contributed by atoms with Crippen LogP contribution in [0.25, 0.3) is 0 Å². The second-order valence-corrected chi connectivity index (χ2v) is 4.65.